The van der Waals surface area contributed by atoms with Crippen LogP contribution in [0.25, 0.3) is 0 Å². The molecule has 0 radical (unpaired) electrons. The van der Waals surface area contributed by atoms with E-state index in [2.05, 4.69) is 21.0 Å². The lowest BCUT2D eigenvalue weighted by atomic mass is 10.1. The molecule has 0 aromatic carbocycles. The van der Waals surface area contributed by atoms with Gasteiger partial charge in [0.05, 0.1) is 20.6 Å². The van der Waals surface area contributed by atoms with Gasteiger partial charge in [0, 0.05) is 6.92 Å². The topological polar surface area (TPSA) is 20.2 Å². The molecule has 2 nitrogen and oxygen atoms in total. The first-order chi connectivity index (χ1) is 8.50. The van der Waals surface area contributed by atoms with Crippen molar-refractivity contribution in [3.8, 4) is 0 Å². The lowest BCUT2D eigenvalue weighted by Crippen LogP contribution is -3.00. The number of aliphatic hydroxyl groups excluding tert-OH is 1. The first kappa shape index (κ1) is 21.5. The summed E-state index contributed by atoms with van der Waals surface area (Å²) in [5, 5.41) is 9.60. The SMILES string of the molecule is CCCCCCCCCCCC[N+](C)(C)C(C)O.[Cl-]. The summed E-state index contributed by atoms with van der Waals surface area (Å²) < 4.78 is 0.733. The Hall–Kier alpha value is 0.210. The maximum atomic E-state index is 9.60. The van der Waals surface area contributed by atoms with Crippen molar-refractivity contribution in [2.75, 3.05) is 20.6 Å². The maximum absolute atomic E-state index is 9.60. The van der Waals surface area contributed by atoms with Gasteiger partial charge >= 0.3 is 0 Å². The van der Waals surface area contributed by atoms with Crippen LogP contribution in [0, 0.1) is 0 Å². The second-order valence-corrected chi connectivity index (χ2v) is 6.32. The van der Waals surface area contributed by atoms with Crippen molar-refractivity contribution < 1.29 is 22.0 Å². The van der Waals surface area contributed by atoms with Crippen molar-refractivity contribution in [1.82, 2.24) is 0 Å². The largest absolute Gasteiger partial charge is 1.00 e. The maximum Gasteiger partial charge on any atom is 0.187 e. The Labute approximate surface area is 127 Å². The number of quaternary nitrogens is 1. The van der Waals surface area contributed by atoms with Crippen LogP contribution in [0.5, 0.6) is 0 Å². The van der Waals surface area contributed by atoms with E-state index in [-0.39, 0.29) is 18.6 Å². The molecule has 0 spiro atoms. The number of rotatable bonds is 12. The Balaban J connectivity index is 0. The third kappa shape index (κ3) is 13.0. The third-order valence-corrected chi connectivity index (χ3v) is 4.10. The highest BCUT2D eigenvalue weighted by molar-refractivity contribution is 4.47. The molecule has 3 heteroatoms. The number of hydrogen-bond acceptors (Lipinski definition) is 1. The van der Waals surface area contributed by atoms with E-state index in [1.165, 1.54) is 64.2 Å². The normalized spacial score (nSPS) is 13.1. The lowest BCUT2D eigenvalue weighted by molar-refractivity contribution is -0.934. The molecule has 0 saturated carbocycles. The van der Waals surface area contributed by atoms with Gasteiger partial charge in [0.15, 0.2) is 6.23 Å². The standard InChI is InChI=1S/C16H36NO.ClH/c1-5-6-7-8-9-10-11-12-13-14-15-17(3,4)16(2)18;/h16,18H,5-15H2,1-4H3;1H/q+1;/p-1. The molecule has 19 heavy (non-hydrogen) atoms. The summed E-state index contributed by atoms with van der Waals surface area (Å²) in [7, 11) is 4.22. The van der Waals surface area contributed by atoms with Crippen molar-refractivity contribution in [3.05, 3.63) is 0 Å². The molecule has 1 atom stereocenters. The Morgan fingerprint density at radius 2 is 1.16 bits per heavy atom. The van der Waals surface area contributed by atoms with Gasteiger partial charge in [-0.1, -0.05) is 58.3 Å². The van der Waals surface area contributed by atoms with Crippen molar-refractivity contribution in [2.24, 2.45) is 0 Å². The molecule has 0 aliphatic rings. The van der Waals surface area contributed by atoms with Crippen LogP contribution in [-0.2, 0) is 0 Å². The number of halogens is 1. The summed E-state index contributed by atoms with van der Waals surface area (Å²) in [5.41, 5.74) is 0. The van der Waals surface area contributed by atoms with Gasteiger partial charge in [0.1, 0.15) is 0 Å². The van der Waals surface area contributed by atoms with Gasteiger partial charge in [-0.3, -0.25) is 0 Å². The number of nitrogens with zero attached hydrogens (tertiary/aromatic N) is 1. The van der Waals surface area contributed by atoms with Crippen LogP contribution in [0.2, 0.25) is 0 Å². The summed E-state index contributed by atoms with van der Waals surface area (Å²) in [6.07, 6.45) is 13.5. The molecule has 1 unspecified atom stereocenters. The van der Waals surface area contributed by atoms with Gasteiger partial charge in [-0.2, -0.15) is 0 Å². The van der Waals surface area contributed by atoms with E-state index in [4.69, 9.17) is 0 Å². The summed E-state index contributed by atoms with van der Waals surface area (Å²) >= 11 is 0. The highest BCUT2D eigenvalue weighted by Gasteiger charge is 2.19. The Bertz CT molecular complexity index is 184. The zero-order valence-corrected chi connectivity index (χ0v) is 14.4. The molecule has 0 heterocycles. The molecule has 0 saturated heterocycles. The molecule has 0 aliphatic heterocycles. The van der Waals surface area contributed by atoms with Crippen LogP contribution in [0.1, 0.15) is 78.1 Å². The van der Waals surface area contributed by atoms with E-state index in [1.54, 1.807) is 0 Å². The van der Waals surface area contributed by atoms with E-state index in [9.17, 15) is 5.11 Å². The average molecular weight is 294 g/mol. The van der Waals surface area contributed by atoms with Gasteiger partial charge in [0.2, 0.25) is 0 Å². The molecule has 0 rings (SSSR count). The lowest BCUT2D eigenvalue weighted by Gasteiger charge is -2.32. The van der Waals surface area contributed by atoms with Crippen LogP contribution in [-0.4, -0.2) is 36.5 Å². The molecule has 0 aromatic rings. The van der Waals surface area contributed by atoms with Gasteiger partial charge < -0.3 is 22.0 Å². The zero-order chi connectivity index (χ0) is 13.9. The highest BCUT2D eigenvalue weighted by Crippen LogP contribution is 2.12. The number of hydrogen-bond donors (Lipinski definition) is 1. The van der Waals surface area contributed by atoms with Crippen LogP contribution >= 0.6 is 0 Å². The van der Waals surface area contributed by atoms with E-state index >= 15 is 0 Å². The molecule has 0 aliphatic carbocycles. The van der Waals surface area contributed by atoms with Gasteiger partial charge in [-0.15, -0.1) is 0 Å². The second kappa shape index (κ2) is 13.2. The minimum Gasteiger partial charge on any atom is -1.00 e. The van der Waals surface area contributed by atoms with Crippen LogP contribution in [0.3, 0.4) is 0 Å². The first-order valence-corrected chi connectivity index (χ1v) is 8.01. The number of unbranched alkanes of at least 4 members (excludes halogenated alkanes) is 9. The second-order valence-electron chi connectivity index (χ2n) is 6.32. The van der Waals surface area contributed by atoms with Crippen LogP contribution < -0.4 is 12.4 Å². The summed E-state index contributed by atoms with van der Waals surface area (Å²) in [6.45, 7) is 5.25. The molecule has 0 amide bonds. The Morgan fingerprint density at radius 1 is 0.789 bits per heavy atom. The van der Waals surface area contributed by atoms with Crippen LogP contribution in [0.4, 0.5) is 0 Å². The van der Waals surface area contributed by atoms with Gasteiger partial charge in [-0.25, -0.2) is 0 Å². The Morgan fingerprint density at radius 3 is 1.53 bits per heavy atom. The fraction of sp³-hybridized carbons (Fsp3) is 1.00. The average Bonchev–Trinajstić information content (AvgIpc) is 2.31. The molecule has 118 valence electrons. The van der Waals surface area contributed by atoms with E-state index < -0.39 is 0 Å². The van der Waals surface area contributed by atoms with Crippen molar-refractivity contribution in [2.45, 2.75) is 84.3 Å². The van der Waals surface area contributed by atoms with E-state index in [0.717, 1.165) is 11.0 Å². The van der Waals surface area contributed by atoms with Crippen molar-refractivity contribution >= 4 is 0 Å². The third-order valence-electron chi connectivity index (χ3n) is 4.10. The van der Waals surface area contributed by atoms with Crippen molar-refractivity contribution in [1.29, 1.82) is 0 Å². The minimum atomic E-state index is -0.247. The smallest absolute Gasteiger partial charge is 0.187 e. The fourth-order valence-electron chi connectivity index (χ4n) is 2.19. The summed E-state index contributed by atoms with van der Waals surface area (Å²) in [6, 6.07) is 0. The molecule has 0 aromatic heterocycles. The summed E-state index contributed by atoms with van der Waals surface area (Å²) in [4.78, 5) is 0. The molecule has 0 bridgehead atoms. The summed E-state index contributed by atoms with van der Waals surface area (Å²) in [5.74, 6) is 0. The predicted molar refractivity (Wildman–Crippen MR) is 80.5 cm³/mol. The Kier molecular flexibility index (Phi) is 14.9. The molecule has 1 N–H and O–H groups in total. The number of aliphatic hydroxyl groups is 1. The van der Waals surface area contributed by atoms with E-state index in [0.29, 0.717) is 0 Å². The predicted octanol–water partition coefficient (Wildman–Crippen LogP) is 1.33. The highest BCUT2D eigenvalue weighted by atomic mass is 35.5. The monoisotopic (exact) mass is 293 g/mol. The van der Waals surface area contributed by atoms with E-state index in [1.807, 2.05) is 6.92 Å². The van der Waals surface area contributed by atoms with Crippen LogP contribution in [0.15, 0.2) is 0 Å². The fourth-order valence-corrected chi connectivity index (χ4v) is 2.19. The van der Waals surface area contributed by atoms with Gasteiger partial charge in [-0.05, 0) is 12.8 Å². The van der Waals surface area contributed by atoms with Gasteiger partial charge in [0.25, 0.3) is 0 Å². The first-order valence-electron chi connectivity index (χ1n) is 8.01. The molecule has 0 fully saturated rings. The molecular weight excluding hydrogens is 258 g/mol. The zero-order valence-electron chi connectivity index (χ0n) is 13.6. The minimum absolute atomic E-state index is 0. The quantitative estimate of drug-likeness (QED) is 0.327. The molecular formula is C16H36ClNO. The van der Waals surface area contributed by atoms with Crippen molar-refractivity contribution in [3.63, 3.8) is 0 Å².